The predicted molar refractivity (Wildman–Crippen MR) is 61.1 cm³/mol. The third kappa shape index (κ3) is 3.23. The van der Waals surface area contributed by atoms with Crippen LogP contribution in [0.25, 0.3) is 0 Å². The second-order valence-electron chi connectivity index (χ2n) is 4.23. The molecule has 0 spiro atoms. The molecule has 0 aromatic carbocycles. The molecule has 0 radical (unpaired) electrons. The van der Waals surface area contributed by atoms with Gasteiger partial charge in [-0.1, -0.05) is 0 Å². The molecule has 7 heteroatoms. The Labute approximate surface area is 100 Å². The summed E-state index contributed by atoms with van der Waals surface area (Å²) in [5.41, 5.74) is 0. The van der Waals surface area contributed by atoms with Crippen molar-refractivity contribution >= 4 is 5.91 Å². The van der Waals surface area contributed by atoms with E-state index in [1.54, 1.807) is 0 Å². The quantitative estimate of drug-likeness (QED) is 0.732. The zero-order valence-electron chi connectivity index (χ0n) is 10.0. The van der Waals surface area contributed by atoms with E-state index in [9.17, 15) is 4.79 Å². The molecule has 1 aromatic rings. The number of hydrogen-bond acceptors (Lipinski definition) is 5. The van der Waals surface area contributed by atoms with E-state index in [2.05, 4.69) is 20.8 Å². The van der Waals surface area contributed by atoms with Gasteiger partial charge in [0.15, 0.2) is 0 Å². The lowest BCUT2D eigenvalue weighted by Gasteiger charge is -2.24. The van der Waals surface area contributed by atoms with Gasteiger partial charge in [0.05, 0.1) is 0 Å². The number of tetrazole rings is 1. The first-order valence-electron chi connectivity index (χ1n) is 6.01. The number of carbonyl (C=O) groups excluding carboxylic acids is 1. The third-order valence-electron chi connectivity index (χ3n) is 3.03. The molecule has 1 unspecified atom stereocenters. The average molecular weight is 238 g/mol. The van der Waals surface area contributed by atoms with Gasteiger partial charge in [0.1, 0.15) is 12.9 Å². The molecule has 0 saturated carbocycles. The Morgan fingerprint density at radius 2 is 2.53 bits per heavy atom. The van der Waals surface area contributed by atoms with Crippen molar-refractivity contribution in [2.45, 2.75) is 32.4 Å². The topological polar surface area (TPSA) is 75.9 Å². The summed E-state index contributed by atoms with van der Waals surface area (Å²) in [6.07, 6.45) is 3.80. The SMILES string of the molecule is CCN(CC1CCCN1)C(=O)Cn1cnnn1. The van der Waals surface area contributed by atoms with Crippen LogP contribution in [0.2, 0.25) is 0 Å². The molecule has 1 aromatic heterocycles. The normalized spacial score (nSPS) is 19.5. The van der Waals surface area contributed by atoms with Gasteiger partial charge in [0.25, 0.3) is 0 Å². The van der Waals surface area contributed by atoms with Crippen LogP contribution < -0.4 is 5.32 Å². The number of nitrogens with one attached hydrogen (secondary N) is 1. The van der Waals surface area contributed by atoms with Crippen LogP contribution in [0.4, 0.5) is 0 Å². The van der Waals surface area contributed by atoms with Gasteiger partial charge in [0.2, 0.25) is 5.91 Å². The first-order valence-corrected chi connectivity index (χ1v) is 6.01. The summed E-state index contributed by atoms with van der Waals surface area (Å²) in [6, 6.07) is 0.438. The molecule has 2 heterocycles. The summed E-state index contributed by atoms with van der Waals surface area (Å²) in [7, 11) is 0. The highest BCUT2D eigenvalue weighted by Gasteiger charge is 2.20. The third-order valence-corrected chi connectivity index (χ3v) is 3.03. The fourth-order valence-electron chi connectivity index (χ4n) is 2.08. The minimum atomic E-state index is 0.0634. The highest BCUT2D eigenvalue weighted by atomic mass is 16.2. The molecule has 1 atom stereocenters. The van der Waals surface area contributed by atoms with Gasteiger partial charge in [-0.15, -0.1) is 5.10 Å². The zero-order valence-corrected chi connectivity index (χ0v) is 10.0. The molecular formula is C10H18N6O. The monoisotopic (exact) mass is 238 g/mol. The Kier molecular flexibility index (Phi) is 4.03. The molecular weight excluding hydrogens is 220 g/mol. The van der Waals surface area contributed by atoms with Gasteiger partial charge >= 0.3 is 0 Å². The fraction of sp³-hybridized carbons (Fsp3) is 0.800. The smallest absolute Gasteiger partial charge is 0.244 e. The summed E-state index contributed by atoms with van der Waals surface area (Å²) in [5.74, 6) is 0.0634. The van der Waals surface area contributed by atoms with Crippen LogP contribution in [0, 0.1) is 0 Å². The molecule has 7 nitrogen and oxygen atoms in total. The Balaban J connectivity index is 1.86. The van der Waals surface area contributed by atoms with Crippen LogP contribution in [0.1, 0.15) is 19.8 Å². The van der Waals surface area contributed by atoms with Crippen molar-refractivity contribution < 1.29 is 4.79 Å². The maximum absolute atomic E-state index is 12.0. The van der Waals surface area contributed by atoms with E-state index in [-0.39, 0.29) is 12.5 Å². The molecule has 17 heavy (non-hydrogen) atoms. The lowest BCUT2D eigenvalue weighted by atomic mass is 10.2. The van der Waals surface area contributed by atoms with Crippen molar-refractivity contribution in [2.75, 3.05) is 19.6 Å². The van der Waals surface area contributed by atoms with E-state index in [1.165, 1.54) is 17.4 Å². The highest BCUT2D eigenvalue weighted by Crippen LogP contribution is 2.07. The van der Waals surface area contributed by atoms with Gasteiger partial charge in [-0.05, 0) is 36.7 Å². The van der Waals surface area contributed by atoms with E-state index >= 15 is 0 Å². The van der Waals surface area contributed by atoms with Crippen molar-refractivity contribution in [3.05, 3.63) is 6.33 Å². The van der Waals surface area contributed by atoms with E-state index < -0.39 is 0 Å². The van der Waals surface area contributed by atoms with Crippen molar-refractivity contribution in [2.24, 2.45) is 0 Å². The second-order valence-corrected chi connectivity index (χ2v) is 4.23. The molecule has 1 saturated heterocycles. The van der Waals surface area contributed by atoms with Crippen LogP contribution in [0.3, 0.4) is 0 Å². The first-order chi connectivity index (χ1) is 8.29. The molecule has 1 aliphatic heterocycles. The lowest BCUT2D eigenvalue weighted by molar-refractivity contribution is -0.132. The molecule has 0 aliphatic carbocycles. The highest BCUT2D eigenvalue weighted by molar-refractivity contribution is 5.75. The molecule has 1 fully saturated rings. The van der Waals surface area contributed by atoms with E-state index in [1.807, 2.05) is 11.8 Å². The zero-order chi connectivity index (χ0) is 12.1. The summed E-state index contributed by atoms with van der Waals surface area (Å²) in [6.45, 7) is 4.76. The van der Waals surface area contributed by atoms with E-state index in [0.29, 0.717) is 6.04 Å². The summed E-state index contributed by atoms with van der Waals surface area (Å²) >= 11 is 0. The van der Waals surface area contributed by atoms with Gasteiger partial charge in [-0.3, -0.25) is 4.79 Å². The number of nitrogens with zero attached hydrogens (tertiary/aromatic N) is 5. The Morgan fingerprint density at radius 3 is 3.12 bits per heavy atom. The van der Waals surface area contributed by atoms with Crippen molar-refractivity contribution in [3.8, 4) is 0 Å². The number of hydrogen-bond donors (Lipinski definition) is 1. The second kappa shape index (κ2) is 5.72. The van der Waals surface area contributed by atoms with Gasteiger partial charge in [-0.25, -0.2) is 4.68 Å². The standard InChI is InChI=1S/C10H18N6O/c1-2-15(6-9-4-3-5-11-9)10(17)7-16-8-12-13-14-16/h8-9,11H,2-7H2,1H3. The lowest BCUT2D eigenvalue weighted by Crippen LogP contribution is -2.42. The number of carbonyl (C=O) groups is 1. The molecule has 2 rings (SSSR count). The molecule has 0 bridgehead atoms. The summed E-state index contributed by atoms with van der Waals surface area (Å²) in [5, 5.41) is 14.1. The summed E-state index contributed by atoms with van der Waals surface area (Å²) < 4.78 is 1.45. The number of amides is 1. The number of aromatic nitrogens is 4. The molecule has 1 N–H and O–H groups in total. The van der Waals surface area contributed by atoms with Crippen LogP contribution in [-0.4, -0.2) is 56.7 Å². The Bertz CT molecular complexity index is 346. The number of likely N-dealkylation sites (N-methyl/N-ethyl adjacent to an activating group) is 1. The fourth-order valence-corrected chi connectivity index (χ4v) is 2.08. The summed E-state index contributed by atoms with van der Waals surface area (Å²) in [4.78, 5) is 13.9. The minimum Gasteiger partial charge on any atom is -0.340 e. The first kappa shape index (κ1) is 12.0. The maximum Gasteiger partial charge on any atom is 0.244 e. The largest absolute Gasteiger partial charge is 0.340 e. The van der Waals surface area contributed by atoms with Crippen molar-refractivity contribution in [1.82, 2.24) is 30.4 Å². The van der Waals surface area contributed by atoms with Crippen molar-refractivity contribution in [3.63, 3.8) is 0 Å². The number of rotatable bonds is 5. The van der Waals surface area contributed by atoms with E-state index in [4.69, 9.17) is 0 Å². The van der Waals surface area contributed by atoms with Gasteiger partial charge in [0, 0.05) is 19.1 Å². The molecule has 94 valence electrons. The van der Waals surface area contributed by atoms with E-state index in [0.717, 1.165) is 26.1 Å². The Hall–Kier alpha value is -1.50. The maximum atomic E-state index is 12.0. The molecule has 1 aliphatic rings. The molecule has 1 amide bonds. The van der Waals surface area contributed by atoms with Crippen LogP contribution >= 0.6 is 0 Å². The van der Waals surface area contributed by atoms with Crippen molar-refractivity contribution in [1.29, 1.82) is 0 Å². The average Bonchev–Trinajstić information content (AvgIpc) is 2.97. The van der Waals surface area contributed by atoms with Crippen LogP contribution in [-0.2, 0) is 11.3 Å². The Morgan fingerprint density at radius 1 is 1.65 bits per heavy atom. The predicted octanol–water partition coefficient (Wildman–Crippen LogP) is -0.726. The van der Waals surface area contributed by atoms with Gasteiger partial charge in [-0.2, -0.15) is 0 Å². The van der Waals surface area contributed by atoms with Crippen LogP contribution in [0.15, 0.2) is 6.33 Å². The van der Waals surface area contributed by atoms with Gasteiger partial charge < -0.3 is 10.2 Å². The van der Waals surface area contributed by atoms with Crippen LogP contribution in [0.5, 0.6) is 0 Å². The minimum absolute atomic E-state index is 0.0634.